The van der Waals surface area contributed by atoms with Crippen LogP contribution in [0.15, 0.2) is 11.8 Å². The van der Waals surface area contributed by atoms with E-state index >= 15 is 0 Å². The Morgan fingerprint density at radius 1 is 1.19 bits per heavy atom. The summed E-state index contributed by atoms with van der Waals surface area (Å²) in [5.74, 6) is -1.21. The van der Waals surface area contributed by atoms with Gasteiger partial charge in [-0.05, 0) is 11.5 Å². The smallest absolute Gasteiger partial charge is 0.309 e. The number of fused-ring (bicyclic) bond motifs is 1. The Bertz CT molecular complexity index is 690. The molecular weight excluding hydrogens is 412 g/mol. The lowest BCUT2D eigenvalue weighted by Gasteiger charge is -2.40. The second-order valence-corrected chi connectivity index (χ2v) is 8.94. The first-order chi connectivity index (χ1) is 14.6. The van der Waals surface area contributed by atoms with Gasteiger partial charge in [-0.1, -0.05) is 20.8 Å². The first-order valence-electron chi connectivity index (χ1n) is 10.6. The van der Waals surface area contributed by atoms with Gasteiger partial charge in [-0.3, -0.25) is 9.59 Å². The number of hydrogen-bond acceptors (Lipinski definition) is 10. The Morgan fingerprint density at radius 3 is 2.55 bits per heavy atom. The molecule has 10 nitrogen and oxygen atoms in total. The van der Waals surface area contributed by atoms with E-state index in [1.165, 1.54) is 6.26 Å². The van der Waals surface area contributed by atoms with Gasteiger partial charge in [-0.25, -0.2) is 0 Å². The van der Waals surface area contributed by atoms with Crippen LogP contribution >= 0.6 is 0 Å². The van der Waals surface area contributed by atoms with Crippen LogP contribution in [0.5, 0.6) is 0 Å². The largest absolute Gasteiger partial charge is 0.462 e. The zero-order chi connectivity index (χ0) is 22.9. The molecule has 0 bridgehead atoms. The summed E-state index contributed by atoms with van der Waals surface area (Å²) in [5, 5.41) is 39.2. The summed E-state index contributed by atoms with van der Waals surface area (Å²) >= 11 is 0. The van der Waals surface area contributed by atoms with E-state index in [0.29, 0.717) is 5.57 Å². The topological polar surface area (TPSA) is 152 Å². The van der Waals surface area contributed by atoms with Crippen molar-refractivity contribution < 1.29 is 49.0 Å². The molecule has 1 saturated carbocycles. The molecule has 2 heterocycles. The van der Waals surface area contributed by atoms with Gasteiger partial charge >= 0.3 is 5.97 Å². The van der Waals surface area contributed by atoms with E-state index in [2.05, 4.69) is 0 Å². The van der Waals surface area contributed by atoms with E-state index in [4.69, 9.17) is 18.9 Å². The van der Waals surface area contributed by atoms with Gasteiger partial charge in [0, 0.05) is 30.6 Å². The number of Topliss-reactive ketones (excluding diaryl/α,β-unsaturated/α-hetero) is 1. The zero-order valence-corrected chi connectivity index (χ0v) is 17.9. The van der Waals surface area contributed by atoms with Gasteiger partial charge in [0.05, 0.1) is 19.5 Å². The van der Waals surface area contributed by atoms with Crippen LogP contribution in [0.25, 0.3) is 0 Å². The maximum absolute atomic E-state index is 12.4. The molecule has 3 rings (SSSR count). The molecule has 0 aromatic heterocycles. The second kappa shape index (κ2) is 9.93. The van der Waals surface area contributed by atoms with E-state index in [1.54, 1.807) is 6.92 Å². The van der Waals surface area contributed by atoms with E-state index in [-0.39, 0.29) is 54.9 Å². The Hall–Kier alpha value is -1.56. The molecule has 3 aliphatic rings. The molecule has 0 unspecified atom stereocenters. The number of rotatable bonds is 7. The fraction of sp³-hybridized carbons (Fsp3) is 0.810. The van der Waals surface area contributed by atoms with Gasteiger partial charge in [-0.15, -0.1) is 0 Å². The number of carbonyl (C=O) groups is 2. The van der Waals surface area contributed by atoms with Crippen LogP contribution in [-0.2, 0) is 28.5 Å². The first-order valence-corrected chi connectivity index (χ1v) is 10.6. The molecule has 0 aromatic carbocycles. The van der Waals surface area contributed by atoms with Crippen molar-refractivity contribution in [1.29, 1.82) is 0 Å². The quantitative estimate of drug-likeness (QED) is 0.377. The summed E-state index contributed by atoms with van der Waals surface area (Å²) in [6.07, 6.45) is -5.87. The molecule has 0 spiro atoms. The standard InChI is InChI=1S/C21H32O10/c1-9(2)4-15(24)31-20-16-10(3)13(23)5-12(16)11(7-28-20)8-29-21-19(27)18(26)17(25)14(6-22)30-21/h7,9-10,12,14,16-22,25-27H,4-6,8H2,1-3H3/t10-,12+,14+,16+,17+,18-,19+,20-,21+/m0/s1. The molecule has 0 radical (unpaired) electrons. The average molecular weight is 444 g/mol. The molecule has 176 valence electrons. The lowest BCUT2D eigenvalue weighted by molar-refractivity contribution is -0.299. The summed E-state index contributed by atoms with van der Waals surface area (Å²) in [6.45, 7) is 4.96. The predicted molar refractivity (Wildman–Crippen MR) is 104 cm³/mol. The number of hydrogen-bond donors (Lipinski definition) is 4. The molecule has 2 fully saturated rings. The van der Waals surface area contributed by atoms with Gasteiger partial charge in [0.25, 0.3) is 0 Å². The number of esters is 1. The fourth-order valence-corrected chi connectivity index (χ4v) is 4.38. The van der Waals surface area contributed by atoms with E-state index in [0.717, 1.165) is 0 Å². The third kappa shape index (κ3) is 5.10. The highest BCUT2D eigenvalue weighted by molar-refractivity contribution is 5.84. The third-order valence-corrected chi connectivity index (χ3v) is 6.20. The summed E-state index contributed by atoms with van der Waals surface area (Å²) in [5.41, 5.74) is 0.635. The van der Waals surface area contributed by atoms with Crippen LogP contribution in [0.4, 0.5) is 0 Å². The highest BCUT2D eigenvalue weighted by Crippen LogP contribution is 2.45. The minimum atomic E-state index is -1.54. The fourth-order valence-electron chi connectivity index (χ4n) is 4.38. The van der Waals surface area contributed by atoms with Crippen LogP contribution in [0.1, 0.15) is 33.6 Å². The summed E-state index contributed by atoms with van der Waals surface area (Å²) in [6, 6.07) is 0. The van der Waals surface area contributed by atoms with Crippen LogP contribution in [-0.4, -0.2) is 82.4 Å². The second-order valence-electron chi connectivity index (χ2n) is 8.94. The highest BCUT2D eigenvalue weighted by Gasteiger charge is 2.51. The number of ketones is 1. The van der Waals surface area contributed by atoms with E-state index < -0.39 is 43.6 Å². The van der Waals surface area contributed by atoms with Crippen molar-refractivity contribution in [1.82, 2.24) is 0 Å². The summed E-state index contributed by atoms with van der Waals surface area (Å²) in [7, 11) is 0. The van der Waals surface area contributed by atoms with Crippen LogP contribution in [0.2, 0.25) is 0 Å². The minimum absolute atomic E-state index is 0.0316. The average Bonchev–Trinajstić information content (AvgIpc) is 3.01. The van der Waals surface area contributed by atoms with Crippen LogP contribution in [0, 0.1) is 23.7 Å². The van der Waals surface area contributed by atoms with Gasteiger partial charge in [0.15, 0.2) is 6.29 Å². The molecule has 2 aliphatic heterocycles. The Balaban J connectivity index is 1.68. The predicted octanol–water partition coefficient (Wildman–Crippen LogP) is -0.526. The molecular formula is C21H32O10. The van der Waals surface area contributed by atoms with Crippen molar-refractivity contribution in [3.05, 3.63) is 11.8 Å². The summed E-state index contributed by atoms with van der Waals surface area (Å²) in [4.78, 5) is 24.5. The highest BCUT2D eigenvalue weighted by atomic mass is 16.7. The molecule has 0 aromatic rings. The lowest BCUT2D eigenvalue weighted by atomic mass is 9.83. The van der Waals surface area contributed by atoms with Gasteiger partial charge in [0.1, 0.15) is 30.2 Å². The maximum atomic E-state index is 12.4. The van der Waals surface area contributed by atoms with Crippen LogP contribution in [0.3, 0.4) is 0 Å². The van der Waals surface area contributed by atoms with Crippen molar-refractivity contribution in [2.75, 3.05) is 13.2 Å². The maximum Gasteiger partial charge on any atom is 0.309 e. The van der Waals surface area contributed by atoms with Gasteiger partial charge in [0.2, 0.25) is 6.29 Å². The zero-order valence-electron chi connectivity index (χ0n) is 17.9. The van der Waals surface area contributed by atoms with E-state index in [1.807, 2.05) is 13.8 Å². The third-order valence-electron chi connectivity index (χ3n) is 6.20. The molecule has 4 N–H and O–H groups in total. The number of aliphatic hydroxyl groups is 4. The van der Waals surface area contributed by atoms with Crippen molar-refractivity contribution in [2.24, 2.45) is 23.7 Å². The SMILES string of the molecule is CC(C)CC(=O)O[C@@H]1OC=C(CO[C@@H]2O[C@H](CO)[C@@H](O)[C@H](O)[C@H]2O)[C@H]2CC(=O)[C@H](C)[C@@H]12. The molecule has 10 heteroatoms. The van der Waals surface area contributed by atoms with Crippen molar-refractivity contribution in [3.8, 4) is 0 Å². The minimum Gasteiger partial charge on any atom is -0.462 e. The number of aliphatic hydroxyl groups excluding tert-OH is 4. The van der Waals surface area contributed by atoms with Crippen molar-refractivity contribution in [3.63, 3.8) is 0 Å². The van der Waals surface area contributed by atoms with Gasteiger partial charge in [-0.2, -0.15) is 0 Å². The molecule has 9 atom stereocenters. The number of carbonyl (C=O) groups excluding carboxylic acids is 2. The lowest BCUT2D eigenvalue weighted by Crippen LogP contribution is -2.59. The van der Waals surface area contributed by atoms with Crippen molar-refractivity contribution >= 4 is 11.8 Å². The molecule has 0 amide bonds. The first kappa shape index (κ1) is 24.1. The summed E-state index contributed by atoms with van der Waals surface area (Å²) < 4.78 is 22.1. The monoisotopic (exact) mass is 444 g/mol. The molecule has 1 saturated heterocycles. The van der Waals surface area contributed by atoms with Crippen molar-refractivity contribution in [2.45, 2.75) is 70.6 Å². The van der Waals surface area contributed by atoms with Gasteiger partial charge < -0.3 is 39.4 Å². The Morgan fingerprint density at radius 2 is 1.90 bits per heavy atom. The van der Waals surface area contributed by atoms with E-state index in [9.17, 15) is 30.0 Å². The molecule has 1 aliphatic carbocycles. The normalized spacial score (nSPS) is 40.3. The Kier molecular flexibility index (Phi) is 7.72. The van der Waals surface area contributed by atoms with Crippen LogP contribution < -0.4 is 0 Å². The number of ether oxygens (including phenoxy) is 4. The Labute approximate surface area is 180 Å². The molecule has 31 heavy (non-hydrogen) atoms.